The van der Waals surface area contributed by atoms with Crippen LogP contribution in [0.2, 0.25) is 0 Å². The molecule has 0 atom stereocenters. The van der Waals surface area contributed by atoms with Crippen molar-refractivity contribution in [3.05, 3.63) is 345 Å². The molecule has 0 radical (unpaired) electrons. The molecule has 0 heterocycles. The Morgan fingerprint density at radius 3 is 0.693 bits per heavy atom. The van der Waals surface area contributed by atoms with Gasteiger partial charge in [0.05, 0.1) is 0 Å². The zero-order valence-electron chi connectivity index (χ0n) is 69.5. The molecule has 574 valence electrons. The van der Waals surface area contributed by atoms with Crippen LogP contribution in [0.4, 0.5) is 0 Å². The summed E-state index contributed by atoms with van der Waals surface area (Å²) in [6.07, 6.45) is 33.6. The van der Waals surface area contributed by atoms with Gasteiger partial charge in [-0.25, -0.2) is 0 Å². The molecule has 0 nitrogen and oxygen atoms in total. The van der Waals surface area contributed by atoms with Crippen LogP contribution in [-0.2, 0) is 21.7 Å². The molecule has 0 aromatic heterocycles. The zero-order chi connectivity index (χ0) is 78.0. The van der Waals surface area contributed by atoms with Crippen molar-refractivity contribution >= 4 is 44.8 Å². The minimum atomic E-state index is -0.0318. The molecule has 0 N–H and O–H groups in total. The van der Waals surface area contributed by atoms with Crippen LogP contribution in [0, 0.1) is 0 Å². The van der Waals surface area contributed by atoms with Crippen molar-refractivity contribution in [2.75, 3.05) is 0 Å². The lowest BCUT2D eigenvalue weighted by Crippen LogP contribution is -2.25. The Morgan fingerprint density at radius 2 is 0.430 bits per heavy atom. The van der Waals surface area contributed by atoms with Crippen LogP contribution in [0.25, 0.3) is 112 Å². The van der Waals surface area contributed by atoms with Gasteiger partial charge in [-0.1, -0.05) is 413 Å². The van der Waals surface area contributed by atoms with Gasteiger partial charge in [0.2, 0.25) is 0 Å². The molecular formula is C114H118. The molecule has 0 amide bonds. The van der Waals surface area contributed by atoms with Crippen LogP contribution in [0.15, 0.2) is 267 Å². The van der Waals surface area contributed by atoms with Gasteiger partial charge in [-0.2, -0.15) is 0 Å². The number of hydrogen-bond acceptors (Lipinski definition) is 0. The normalized spacial score (nSPS) is 14.8. The molecule has 17 rings (SSSR count). The maximum Gasteiger partial charge on any atom is 0.0215 e. The summed E-state index contributed by atoms with van der Waals surface area (Å²) in [6.45, 7) is 19.0. The predicted molar refractivity (Wildman–Crippen MR) is 493 cm³/mol. The number of fused-ring (bicyclic) bond motifs is 14. The Kier molecular flexibility index (Phi) is 22.1. The number of hydrogen-bond donors (Lipinski definition) is 0. The van der Waals surface area contributed by atoms with Crippen LogP contribution in [0.3, 0.4) is 0 Å². The van der Waals surface area contributed by atoms with E-state index in [1.165, 1.54) is 306 Å². The van der Waals surface area contributed by atoms with Crippen LogP contribution < -0.4 is 0 Å². The number of unbranched alkanes of at least 4 members (excludes halogenated alkanes) is 8. The summed E-state index contributed by atoms with van der Waals surface area (Å²) in [5.74, 6) is 0. The van der Waals surface area contributed by atoms with E-state index in [2.05, 4.69) is 334 Å². The van der Waals surface area contributed by atoms with Gasteiger partial charge in [0.1, 0.15) is 0 Å². The molecule has 0 unspecified atom stereocenters. The van der Waals surface area contributed by atoms with E-state index in [9.17, 15) is 0 Å². The smallest absolute Gasteiger partial charge is 0.0215 e. The highest BCUT2D eigenvalue weighted by molar-refractivity contribution is 6.21. The fraction of sp³-hybridized carbons (Fsp3) is 0.316. The molecule has 0 fully saturated rings. The molecule has 13 aromatic rings. The van der Waals surface area contributed by atoms with Crippen molar-refractivity contribution < 1.29 is 0 Å². The first kappa shape index (κ1) is 76.5. The maximum absolute atomic E-state index is 2.65. The summed E-state index contributed by atoms with van der Waals surface area (Å²) in [5.41, 5.74) is 38.7. The Bertz CT molecular complexity index is 5300. The topological polar surface area (TPSA) is 0 Å². The molecular weight excluding hydrogens is 1370 g/mol. The first-order valence-electron chi connectivity index (χ1n) is 44.7. The van der Waals surface area contributed by atoms with E-state index in [0.717, 1.165) is 25.7 Å². The number of rotatable bonds is 32. The minimum absolute atomic E-state index is 0.00642. The van der Waals surface area contributed by atoms with Crippen molar-refractivity contribution in [3.8, 4) is 66.8 Å². The van der Waals surface area contributed by atoms with Crippen molar-refractivity contribution in [3.63, 3.8) is 0 Å². The lowest BCUT2D eigenvalue weighted by atomic mass is 9.70. The van der Waals surface area contributed by atoms with E-state index in [0.29, 0.717) is 0 Å². The summed E-state index contributed by atoms with van der Waals surface area (Å²) in [6, 6.07) is 106. The van der Waals surface area contributed by atoms with Crippen LogP contribution in [-0.4, -0.2) is 0 Å². The summed E-state index contributed by atoms with van der Waals surface area (Å²) >= 11 is 0. The molecule has 0 saturated carbocycles. The fourth-order valence-electron chi connectivity index (χ4n) is 22.2. The van der Waals surface area contributed by atoms with E-state index in [4.69, 9.17) is 0 Å². The third kappa shape index (κ3) is 13.2. The number of benzene rings is 13. The predicted octanol–water partition coefficient (Wildman–Crippen LogP) is 33.1. The van der Waals surface area contributed by atoms with Crippen LogP contribution in [0.1, 0.15) is 287 Å². The third-order valence-corrected chi connectivity index (χ3v) is 27.9. The molecule has 0 heteroatoms. The Morgan fingerprint density at radius 1 is 0.211 bits per heavy atom. The van der Waals surface area contributed by atoms with Crippen LogP contribution >= 0.6 is 0 Å². The molecule has 0 spiro atoms. The fourth-order valence-corrected chi connectivity index (χ4v) is 22.2. The average Bonchev–Trinajstić information content (AvgIpc) is 1.34. The largest absolute Gasteiger partial charge is 0.0654 e. The molecule has 4 aliphatic carbocycles. The lowest BCUT2D eigenvalue weighted by molar-refractivity contribution is 0.414. The highest BCUT2D eigenvalue weighted by Gasteiger charge is 2.47. The minimum Gasteiger partial charge on any atom is -0.0654 e. The van der Waals surface area contributed by atoms with E-state index >= 15 is 0 Å². The average molecular weight is 1490 g/mol. The van der Waals surface area contributed by atoms with Gasteiger partial charge < -0.3 is 0 Å². The third-order valence-electron chi connectivity index (χ3n) is 27.9. The van der Waals surface area contributed by atoms with Crippen molar-refractivity contribution in [1.82, 2.24) is 0 Å². The molecule has 0 bridgehead atoms. The molecule has 0 saturated heterocycles. The second-order valence-electron chi connectivity index (χ2n) is 34.6. The SMILES string of the molecule is CCCCC1(CCCC)c2ccccc2-c2ccc(/C=C(/c3ccc(-c4c5ccccc5c(-c5ccc(/C(=C/c6ccc7c(c6)C(CCCC)(CCCC)c6ccccc6-7)c6ccc7c(c6)C(CCCC)(CCCC)c6ccccc6-7)cc5)c5ccccc45)cc3)c3ccc4c(c3)C(CCCC)(CCCC)c3ccccc3-4)cc21. The molecule has 114 heavy (non-hydrogen) atoms. The summed E-state index contributed by atoms with van der Waals surface area (Å²) < 4.78 is 0. The quantitative estimate of drug-likeness (QED) is 0.0291. The summed E-state index contributed by atoms with van der Waals surface area (Å²) in [4.78, 5) is 0. The van der Waals surface area contributed by atoms with Crippen molar-refractivity contribution in [2.45, 2.75) is 231 Å². The Balaban J connectivity index is 0.798. The van der Waals surface area contributed by atoms with Crippen molar-refractivity contribution in [1.29, 1.82) is 0 Å². The molecule has 13 aromatic carbocycles. The van der Waals surface area contributed by atoms with Crippen molar-refractivity contribution in [2.24, 2.45) is 0 Å². The first-order valence-corrected chi connectivity index (χ1v) is 44.7. The van der Waals surface area contributed by atoms with Gasteiger partial charge in [-0.05, 0) is 253 Å². The molecule has 4 aliphatic rings. The van der Waals surface area contributed by atoms with Gasteiger partial charge in [0.15, 0.2) is 0 Å². The zero-order valence-corrected chi connectivity index (χ0v) is 69.5. The summed E-state index contributed by atoms with van der Waals surface area (Å²) in [5, 5.41) is 5.07. The molecule has 0 aliphatic heterocycles. The van der Waals surface area contributed by atoms with Gasteiger partial charge in [-0.3, -0.25) is 0 Å². The maximum atomic E-state index is 2.65. The standard InChI is InChI=1S/C114H118/c1-9-17-65-111(66-18-10-2)101-45-33-29-37-87(101)91-61-49-79(75-105(91)111)73-99(85-59-63-93-89-39-31-35-47-103(89)113(69-21-13-5,70-22-14-6)107(93)77-85)81-51-55-83(56-52-81)109-95-41-25-27-43-97(95)110(98-44-28-26-42-96(98)109)84-57-53-82(54-58-84)100(86-60-64-94-90-40-32-36-48-104(90)114(71-23-15-7,72-24-16-8)108(94)78-86)74-80-50-62-92-88-38-30-34-46-102(88)112(67-19-11-3,68-20-12-4)106(92)76-80/h25-64,73-78H,9-24,65-72H2,1-8H3/b99-73-,100-74-. The highest BCUT2D eigenvalue weighted by Crippen LogP contribution is 2.60. The van der Waals surface area contributed by atoms with E-state index in [-0.39, 0.29) is 21.7 Å². The first-order chi connectivity index (χ1) is 56.1. The van der Waals surface area contributed by atoms with Gasteiger partial charge in [0, 0.05) is 21.7 Å². The monoisotopic (exact) mass is 1490 g/mol. The lowest BCUT2D eigenvalue weighted by Gasteiger charge is -2.33. The van der Waals surface area contributed by atoms with E-state index < -0.39 is 0 Å². The van der Waals surface area contributed by atoms with Crippen LogP contribution in [0.5, 0.6) is 0 Å². The highest BCUT2D eigenvalue weighted by atomic mass is 14.5. The van der Waals surface area contributed by atoms with Gasteiger partial charge in [0.25, 0.3) is 0 Å². The van der Waals surface area contributed by atoms with E-state index in [1.807, 2.05) is 0 Å². The second kappa shape index (κ2) is 33.0. The Labute approximate surface area is 683 Å². The van der Waals surface area contributed by atoms with Gasteiger partial charge >= 0.3 is 0 Å². The second-order valence-corrected chi connectivity index (χ2v) is 34.6. The Hall–Kier alpha value is -10.1. The summed E-state index contributed by atoms with van der Waals surface area (Å²) in [7, 11) is 0. The van der Waals surface area contributed by atoms with Gasteiger partial charge in [-0.15, -0.1) is 0 Å². The van der Waals surface area contributed by atoms with E-state index in [1.54, 1.807) is 0 Å².